The first kappa shape index (κ1) is 17.0. The van der Waals surface area contributed by atoms with E-state index in [9.17, 15) is 14.4 Å². The van der Waals surface area contributed by atoms with E-state index in [0.717, 1.165) is 4.90 Å². The lowest BCUT2D eigenvalue weighted by Gasteiger charge is -2.22. The van der Waals surface area contributed by atoms with Crippen molar-refractivity contribution < 1.29 is 19.1 Å². The first-order valence-electron chi connectivity index (χ1n) is 8.57. The Morgan fingerprint density at radius 1 is 1.19 bits per heavy atom. The molecule has 0 radical (unpaired) electrons. The van der Waals surface area contributed by atoms with Crippen molar-refractivity contribution in [2.45, 2.75) is 18.6 Å². The van der Waals surface area contributed by atoms with Gasteiger partial charge in [0.2, 0.25) is 0 Å². The van der Waals surface area contributed by atoms with Crippen molar-refractivity contribution in [2.24, 2.45) is 0 Å². The molecular formula is C19H18N4O4. The minimum atomic E-state index is -1.19. The number of benzene rings is 1. The molecule has 0 bridgehead atoms. The number of carbonyl (C=O) groups excluding carboxylic acids is 3. The fourth-order valence-corrected chi connectivity index (χ4v) is 3.36. The first-order valence-corrected chi connectivity index (χ1v) is 8.57. The third kappa shape index (κ3) is 2.88. The van der Waals surface area contributed by atoms with Crippen molar-refractivity contribution in [2.75, 3.05) is 18.0 Å². The van der Waals surface area contributed by atoms with E-state index in [1.807, 2.05) is 18.2 Å². The minimum absolute atomic E-state index is 0.00437. The quantitative estimate of drug-likeness (QED) is 0.834. The fraction of sp³-hybridized carbons (Fsp3) is 0.263. The normalized spacial score (nSPS) is 24.9. The number of carbonyl (C=O) groups is 3. The van der Waals surface area contributed by atoms with Crippen LogP contribution >= 0.6 is 0 Å². The molecule has 0 aliphatic carbocycles. The molecule has 1 N–H and O–H groups in total. The molecule has 27 heavy (non-hydrogen) atoms. The lowest BCUT2D eigenvalue weighted by atomic mass is 9.93. The minimum Gasteiger partial charge on any atom is -0.442 e. The molecule has 0 spiro atoms. The summed E-state index contributed by atoms with van der Waals surface area (Å²) in [6, 6.07) is 12.0. The molecule has 3 heterocycles. The lowest BCUT2D eigenvalue weighted by molar-refractivity contribution is -0.131. The van der Waals surface area contributed by atoms with E-state index in [4.69, 9.17) is 4.74 Å². The third-order valence-corrected chi connectivity index (χ3v) is 4.84. The lowest BCUT2D eigenvalue weighted by Crippen LogP contribution is -2.42. The Hall–Kier alpha value is -3.42. The van der Waals surface area contributed by atoms with E-state index < -0.39 is 29.7 Å². The molecule has 138 valence electrons. The monoisotopic (exact) mass is 366 g/mol. The largest absolute Gasteiger partial charge is 0.442 e. The smallest absolute Gasteiger partial charge is 0.414 e. The van der Waals surface area contributed by atoms with E-state index in [-0.39, 0.29) is 13.1 Å². The average Bonchev–Trinajstić information content (AvgIpc) is 3.16. The van der Waals surface area contributed by atoms with Crippen LogP contribution in [-0.2, 0) is 15.1 Å². The molecule has 2 fully saturated rings. The summed E-state index contributed by atoms with van der Waals surface area (Å²) in [4.78, 5) is 44.1. The van der Waals surface area contributed by atoms with Gasteiger partial charge in [0, 0.05) is 23.6 Å². The van der Waals surface area contributed by atoms with Gasteiger partial charge in [-0.05, 0) is 25.1 Å². The maximum atomic E-state index is 12.9. The molecule has 4 rings (SSSR count). The summed E-state index contributed by atoms with van der Waals surface area (Å²) >= 11 is 0. The highest BCUT2D eigenvalue weighted by molar-refractivity contribution is 6.07. The van der Waals surface area contributed by atoms with Gasteiger partial charge < -0.3 is 10.1 Å². The number of hydrogen-bond acceptors (Lipinski definition) is 5. The van der Waals surface area contributed by atoms with Crippen molar-refractivity contribution >= 4 is 23.7 Å². The molecule has 2 aliphatic rings. The predicted molar refractivity (Wildman–Crippen MR) is 95.9 cm³/mol. The molecular weight excluding hydrogens is 348 g/mol. The Labute approximate surface area is 155 Å². The number of cyclic esters (lactones) is 1. The Morgan fingerprint density at radius 3 is 2.67 bits per heavy atom. The highest BCUT2D eigenvalue weighted by atomic mass is 16.6. The Bertz CT molecular complexity index is 889. The van der Waals surface area contributed by atoms with Gasteiger partial charge in [0.15, 0.2) is 0 Å². The maximum Gasteiger partial charge on any atom is 0.414 e. The Balaban J connectivity index is 1.50. The van der Waals surface area contributed by atoms with E-state index in [1.54, 1.807) is 43.6 Å². The number of ether oxygens (including phenoxy) is 1. The van der Waals surface area contributed by atoms with Crippen LogP contribution in [-0.4, -0.2) is 47.1 Å². The van der Waals surface area contributed by atoms with E-state index in [1.165, 1.54) is 4.90 Å². The second kappa shape index (κ2) is 6.39. The summed E-state index contributed by atoms with van der Waals surface area (Å²) in [6.45, 7) is 1.90. The molecule has 2 aromatic rings. The van der Waals surface area contributed by atoms with E-state index >= 15 is 0 Å². The van der Waals surface area contributed by atoms with Crippen molar-refractivity contribution in [1.82, 2.24) is 15.2 Å². The third-order valence-electron chi connectivity index (χ3n) is 4.84. The fourth-order valence-electron chi connectivity index (χ4n) is 3.36. The number of nitrogens with one attached hydrogen (secondary N) is 1. The van der Waals surface area contributed by atoms with Crippen LogP contribution in [0.25, 0.3) is 0 Å². The van der Waals surface area contributed by atoms with Gasteiger partial charge in [-0.25, -0.2) is 9.59 Å². The van der Waals surface area contributed by atoms with Crippen molar-refractivity contribution in [3.8, 4) is 0 Å². The standard InChI is InChI=1S/C19H18N4O4/c1-19(13-6-5-9-20-10-13)16(24)23(17(25)21-19)12-15-11-22(18(26)27-15)14-7-3-2-4-8-14/h2-10,15H,11-12H2,1H3,(H,21,25)/t15-,19-/m1/s1. The number of para-hydroxylation sites is 1. The zero-order valence-electron chi connectivity index (χ0n) is 14.7. The zero-order chi connectivity index (χ0) is 19.0. The van der Waals surface area contributed by atoms with Gasteiger partial charge >= 0.3 is 12.1 Å². The molecule has 1 aromatic heterocycles. The number of pyridine rings is 1. The summed E-state index contributed by atoms with van der Waals surface area (Å²) in [5, 5.41) is 2.72. The highest BCUT2D eigenvalue weighted by Crippen LogP contribution is 2.29. The molecule has 2 aliphatic heterocycles. The van der Waals surface area contributed by atoms with Gasteiger partial charge in [0.25, 0.3) is 5.91 Å². The number of amides is 4. The zero-order valence-corrected chi connectivity index (χ0v) is 14.7. The van der Waals surface area contributed by atoms with Gasteiger partial charge in [-0.15, -0.1) is 0 Å². The second-order valence-corrected chi connectivity index (χ2v) is 6.66. The number of urea groups is 1. The van der Waals surface area contributed by atoms with Crippen LogP contribution in [0.2, 0.25) is 0 Å². The van der Waals surface area contributed by atoms with Crippen LogP contribution in [0.4, 0.5) is 15.3 Å². The van der Waals surface area contributed by atoms with Gasteiger partial charge in [-0.1, -0.05) is 24.3 Å². The van der Waals surface area contributed by atoms with Crippen LogP contribution in [0.5, 0.6) is 0 Å². The molecule has 8 heteroatoms. The molecule has 0 saturated carbocycles. The van der Waals surface area contributed by atoms with Gasteiger partial charge in [-0.2, -0.15) is 0 Å². The van der Waals surface area contributed by atoms with E-state index in [0.29, 0.717) is 11.3 Å². The summed E-state index contributed by atoms with van der Waals surface area (Å²) < 4.78 is 5.36. The molecule has 0 unspecified atom stereocenters. The predicted octanol–water partition coefficient (Wildman–Crippen LogP) is 1.87. The summed E-state index contributed by atoms with van der Waals surface area (Å²) in [6.07, 6.45) is 2.06. The Morgan fingerprint density at radius 2 is 1.96 bits per heavy atom. The maximum absolute atomic E-state index is 12.9. The average molecular weight is 366 g/mol. The number of aromatic nitrogens is 1. The highest BCUT2D eigenvalue weighted by Gasteiger charge is 2.50. The SMILES string of the molecule is C[C@]1(c2cccnc2)NC(=O)N(C[C@H]2CN(c3ccccc3)C(=O)O2)C1=O. The van der Waals surface area contributed by atoms with Gasteiger partial charge in [0.1, 0.15) is 11.6 Å². The molecule has 1 aromatic carbocycles. The van der Waals surface area contributed by atoms with Crippen LogP contribution < -0.4 is 10.2 Å². The number of nitrogens with zero attached hydrogens (tertiary/aromatic N) is 3. The van der Waals surface area contributed by atoms with E-state index in [2.05, 4.69) is 10.3 Å². The van der Waals surface area contributed by atoms with Crippen LogP contribution in [0, 0.1) is 0 Å². The van der Waals surface area contributed by atoms with Gasteiger partial charge in [0.05, 0.1) is 13.1 Å². The molecule has 4 amide bonds. The van der Waals surface area contributed by atoms with Crippen LogP contribution in [0.3, 0.4) is 0 Å². The first-order chi connectivity index (χ1) is 13.0. The van der Waals surface area contributed by atoms with Crippen LogP contribution in [0.15, 0.2) is 54.9 Å². The summed E-state index contributed by atoms with van der Waals surface area (Å²) in [7, 11) is 0. The van der Waals surface area contributed by atoms with Crippen molar-refractivity contribution in [1.29, 1.82) is 0 Å². The van der Waals surface area contributed by atoms with Crippen molar-refractivity contribution in [3.05, 3.63) is 60.4 Å². The molecule has 2 saturated heterocycles. The van der Waals surface area contributed by atoms with Crippen LogP contribution in [0.1, 0.15) is 12.5 Å². The molecule has 2 atom stereocenters. The number of anilines is 1. The Kier molecular flexibility index (Phi) is 4.02. The van der Waals surface area contributed by atoms with Crippen molar-refractivity contribution in [3.63, 3.8) is 0 Å². The van der Waals surface area contributed by atoms with Gasteiger partial charge in [-0.3, -0.25) is 19.6 Å². The topological polar surface area (TPSA) is 91.8 Å². The number of hydrogen-bond donors (Lipinski definition) is 1. The molecule has 8 nitrogen and oxygen atoms in total. The number of rotatable bonds is 4. The summed E-state index contributed by atoms with van der Waals surface area (Å²) in [5.41, 5.74) is 0.121. The number of imide groups is 1. The second-order valence-electron chi connectivity index (χ2n) is 6.66. The summed E-state index contributed by atoms with van der Waals surface area (Å²) in [5.74, 6) is -0.394.